The first-order valence-electron chi connectivity index (χ1n) is 5.96. The molecular formula is C13H15ClN2O2S. The van der Waals surface area contributed by atoms with E-state index in [1.54, 1.807) is 18.2 Å². The van der Waals surface area contributed by atoms with Crippen LogP contribution in [0, 0.1) is 6.92 Å². The van der Waals surface area contributed by atoms with Crippen molar-refractivity contribution in [1.82, 2.24) is 5.43 Å². The molecule has 0 aromatic heterocycles. The molecule has 1 fully saturated rings. The average molecular weight is 299 g/mol. The fourth-order valence-corrected chi connectivity index (χ4v) is 2.83. The van der Waals surface area contributed by atoms with E-state index in [0.29, 0.717) is 10.8 Å². The number of aryl methyl sites for hydroxylation is 1. The molecule has 1 aliphatic heterocycles. The maximum absolute atomic E-state index is 11.6. The van der Waals surface area contributed by atoms with E-state index in [-0.39, 0.29) is 12.5 Å². The molecule has 1 heterocycles. The minimum atomic E-state index is -0.251. The van der Waals surface area contributed by atoms with Gasteiger partial charge in [-0.05, 0) is 42.9 Å². The highest BCUT2D eigenvalue weighted by molar-refractivity contribution is 8.00. The van der Waals surface area contributed by atoms with Crippen LogP contribution in [0.25, 0.3) is 0 Å². The molecule has 0 unspecified atom stereocenters. The highest BCUT2D eigenvalue weighted by atomic mass is 35.5. The van der Waals surface area contributed by atoms with Gasteiger partial charge in [0, 0.05) is 16.5 Å². The summed E-state index contributed by atoms with van der Waals surface area (Å²) in [7, 11) is 0. The number of hydrazone groups is 1. The number of ether oxygens (including phenoxy) is 1. The van der Waals surface area contributed by atoms with Gasteiger partial charge in [-0.2, -0.15) is 16.9 Å². The molecule has 0 spiro atoms. The van der Waals surface area contributed by atoms with Crippen molar-refractivity contribution in [1.29, 1.82) is 0 Å². The monoisotopic (exact) mass is 298 g/mol. The van der Waals surface area contributed by atoms with Crippen molar-refractivity contribution in [3.05, 3.63) is 28.8 Å². The van der Waals surface area contributed by atoms with Crippen molar-refractivity contribution < 1.29 is 9.53 Å². The van der Waals surface area contributed by atoms with Crippen LogP contribution in [0.5, 0.6) is 5.75 Å². The summed E-state index contributed by atoms with van der Waals surface area (Å²) < 4.78 is 5.42. The van der Waals surface area contributed by atoms with Crippen molar-refractivity contribution in [2.45, 2.75) is 13.3 Å². The van der Waals surface area contributed by atoms with Gasteiger partial charge in [0.2, 0.25) is 0 Å². The fraction of sp³-hybridized carbons (Fsp3) is 0.385. The van der Waals surface area contributed by atoms with Crippen LogP contribution >= 0.6 is 23.4 Å². The number of thioether (sulfide) groups is 1. The number of carbonyl (C=O) groups excluding carboxylic acids is 1. The van der Waals surface area contributed by atoms with Gasteiger partial charge in [-0.15, -0.1) is 0 Å². The molecule has 1 N–H and O–H groups in total. The second-order valence-corrected chi connectivity index (χ2v) is 5.76. The van der Waals surface area contributed by atoms with Gasteiger partial charge < -0.3 is 4.74 Å². The van der Waals surface area contributed by atoms with Gasteiger partial charge in [-0.3, -0.25) is 4.79 Å². The lowest BCUT2D eigenvalue weighted by molar-refractivity contribution is -0.123. The topological polar surface area (TPSA) is 50.7 Å². The van der Waals surface area contributed by atoms with Gasteiger partial charge in [0.25, 0.3) is 5.91 Å². The van der Waals surface area contributed by atoms with Crippen LogP contribution < -0.4 is 10.2 Å². The molecule has 19 heavy (non-hydrogen) atoms. The predicted octanol–water partition coefficient (Wildman–Crippen LogP) is 2.64. The third-order valence-corrected chi connectivity index (χ3v) is 3.90. The quantitative estimate of drug-likeness (QED) is 0.870. The first-order valence-corrected chi connectivity index (χ1v) is 7.49. The van der Waals surface area contributed by atoms with Crippen molar-refractivity contribution in [2.75, 3.05) is 18.1 Å². The Morgan fingerprint density at radius 3 is 3.11 bits per heavy atom. The molecule has 6 heteroatoms. The van der Waals surface area contributed by atoms with Gasteiger partial charge in [-0.25, -0.2) is 5.43 Å². The highest BCUT2D eigenvalue weighted by Gasteiger charge is 2.09. The number of nitrogens with zero attached hydrogens (tertiary/aromatic N) is 1. The average Bonchev–Trinajstić information content (AvgIpc) is 2.88. The van der Waals surface area contributed by atoms with Crippen LogP contribution in [0.2, 0.25) is 5.02 Å². The van der Waals surface area contributed by atoms with Crippen LogP contribution in [0.3, 0.4) is 0 Å². The summed E-state index contributed by atoms with van der Waals surface area (Å²) in [5.74, 6) is 2.38. The van der Waals surface area contributed by atoms with Crippen molar-refractivity contribution in [2.24, 2.45) is 5.10 Å². The number of amides is 1. The predicted molar refractivity (Wildman–Crippen MR) is 79.2 cm³/mol. The lowest BCUT2D eigenvalue weighted by Crippen LogP contribution is -2.26. The summed E-state index contributed by atoms with van der Waals surface area (Å²) in [5, 5.41) is 4.72. The zero-order valence-corrected chi connectivity index (χ0v) is 12.2. The molecule has 0 radical (unpaired) electrons. The number of rotatable bonds is 4. The summed E-state index contributed by atoms with van der Waals surface area (Å²) in [6, 6.07) is 5.28. The van der Waals surface area contributed by atoms with Gasteiger partial charge in [0.1, 0.15) is 5.75 Å². The first-order chi connectivity index (χ1) is 9.15. The largest absolute Gasteiger partial charge is 0.483 e. The van der Waals surface area contributed by atoms with Crippen LogP contribution in [0.4, 0.5) is 0 Å². The van der Waals surface area contributed by atoms with E-state index >= 15 is 0 Å². The maximum Gasteiger partial charge on any atom is 0.277 e. The molecule has 1 amide bonds. The molecule has 1 aliphatic rings. The zero-order chi connectivity index (χ0) is 13.7. The molecule has 1 aromatic carbocycles. The molecule has 0 aliphatic carbocycles. The maximum atomic E-state index is 11.6. The Morgan fingerprint density at radius 2 is 2.42 bits per heavy atom. The SMILES string of the molecule is Cc1cc(Cl)ccc1OCC(=O)N/N=C1\CCSC1. The minimum Gasteiger partial charge on any atom is -0.483 e. The molecule has 4 nitrogen and oxygen atoms in total. The molecule has 0 atom stereocenters. The number of benzene rings is 1. The zero-order valence-electron chi connectivity index (χ0n) is 10.6. The van der Waals surface area contributed by atoms with Crippen molar-refractivity contribution >= 4 is 35.0 Å². The van der Waals surface area contributed by atoms with E-state index in [2.05, 4.69) is 10.5 Å². The van der Waals surface area contributed by atoms with E-state index in [1.807, 2.05) is 18.7 Å². The van der Waals surface area contributed by atoms with Gasteiger partial charge in [-0.1, -0.05) is 11.6 Å². The summed E-state index contributed by atoms with van der Waals surface area (Å²) >= 11 is 7.67. The van der Waals surface area contributed by atoms with Gasteiger partial charge in [0.15, 0.2) is 6.61 Å². The Bertz CT molecular complexity index is 497. The number of hydrogen-bond donors (Lipinski definition) is 1. The number of halogens is 1. The van der Waals surface area contributed by atoms with Crippen LogP contribution in [-0.4, -0.2) is 29.7 Å². The third-order valence-electron chi connectivity index (χ3n) is 2.64. The van der Waals surface area contributed by atoms with Crippen LogP contribution in [0.15, 0.2) is 23.3 Å². The fourth-order valence-electron chi connectivity index (χ4n) is 1.63. The van der Waals surface area contributed by atoms with Crippen LogP contribution in [-0.2, 0) is 4.79 Å². The number of hydrogen-bond acceptors (Lipinski definition) is 4. The number of carbonyl (C=O) groups is 1. The third kappa shape index (κ3) is 4.44. The number of nitrogens with one attached hydrogen (secondary N) is 1. The highest BCUT2D eigenvalue weighted by Crippen LogP contribution is 2.21. The molecule has 2 rings (SSSR count). The van der Waals surface area contributed by atoms with E-state index in [0.717, 1.165) is 29.2 Å². The van der Waals surface area contributed by atoms with Gasteiger partial charge in [0.05, 0.1) is 0 Å². The van der Waals surface area contributed by atoms with Crippen molar-refractivity contribution in [3.8, 4) is 5.75 Å². The molecule has 0 saturated carbocycles. The summed E-state index contributed by atoms with van der Waals surface area (Å²) in [6.45, 7) is 1.83. The molecule has 0 bridgehead atoms. The molecule has 102 valence electrons. The summed E-state index contributed by atoms with van der Waals surface area (Å²) in [4.78, 5) is 11.6. The summed E-state index contributed by atoms with van der Waals surface area (Å²) in [6.07, 6.45) is 0.947. The second-order valence-electron chi connectivity index (χ2n) is 4.21. The Morgan fingerprint density at radius 1 is 1.58 bits per heavy atom. The molecule has 1 saturated heterocycles. The Labute approximate surface area is 121 Å². The Hall–Kier alpha value is -1.20. The van der Waals surface area contributed by atoms with E-state index in [9.17, 15) is 4.79 Å². The van der Waals surface area contributed by atoms with Crippen molar-refractivity contribution in [3.63, 3.8) is 0 Å². The smallest absolute Gasteiger partial charge is 0.277 e. The van der Waals surface area contributed by atoms with Gasteiger partial charge >= 0.3 is 0 Å². The summed E-state index contributed by atoms with van der Waals surface area (Å²) in [5.41, 5.74) is 4.44. The minimum absolute atomic E-state index is 0.0492. The Balaban J connectivity index is 1.81. The molecule has 1 aromatic rings. The van der Waals surface area contributed by atoms with E-state index in [4.69, 9.17) is 16.3 Å². The van der Waals surface area contributed by atoms with Crippen LogP contribution in [0.1, 0.15) is 12.0 Å². The second kappa shape index (κ2) is 6.82. The van der Waals surface area contributed by atoms with E-state index < -0.39 is 0 Å². The molecular weight excluding hydrogens is 284 g/mol. The first kappa shape index (κ1) is 14.2. The Kier molecular flexibility index (Phi) is 5.10. The lowest BCUT2D eigenvalue weighted by Gasteiger charge is -2.08. The van der Waals surface area contributed by atoms with E-state index in [1.165, 1.54) is 0 Å². The standard InChI is InChI=1S/C13H15ClN2O2S/c1-9-6-10(14)2-3-12(9)18-7-13(17)16-15-11-4-5-19-8-11/h2-3,6H,4-5,7-8H2,1H3,(H,16,17)/b15-11+. The normalized spacial score (nSPS) is 16.6. The lowest BCUT2D eigenvalue weighted by atomic mass is 10.2.